The zero-order valence-corrected chi connectivity index (χ0v) is 30.3. The van der Waals surface area contributed by atoms with Crippen LogP contribution in [0.5, 0.6) is 11.6 Å². The molecule has 2 saturated heterocycles. The minimum atomic E-state index is -1.38. The van der Waals surface area contributed by atoms with Crippen LogP contribution in [0, 0.1) is 17.2 Å². The number of nitrogens with zero attached hydrogens (tertiary/aromatic N) is 5. The van der Waals surface area contributed by atoms with Crippen LogP contribution >= 0.6 is 0 Å². The molecular weight excluding hydrogens is 647 g/mol. The Balaban J connectivity index is 1.37. The van der Waals surface area contributed by atoms with Crippen LogP contribution in [0.4, 0.5) is 10.1 Å². The summed E-state index contributed by atoms with van der Waals surface area (Å²) in [6.45, 7) is 18.2. The highest BCUT2D eigenvalue weighted by Crippen LogP contribution is 2.46. The van der Waals surface area contributed by atoms with Gasteiger partial charge in [0.1, 0.15) is 5.69 Å². The van der Waals surface area contributed by atoms with Gasteiger partial charge in [-0.3, -0.25) is 9.69 Å². The number of likely N-dealkylation sites (tertiary alicyclic amines) is 1. The maximum absolute atomic E-state index is 15.4. The minimum Gasteiger partial charge on any atom is -0.431 e. The van der Waals surface area contributed by atoms with Crippen molar-refractivity contribution in [3.63, 3.8) is 0 Å². The number of amides is 1. The molecule has 13 nitrogen and oxygen atoms in total. The third-order valence-electron chi connectivity index (χ3n) is 9.79. The van der Waals surface area contributed by atoms with E-state index < -0.39 is 34.1 Å². The summed E-state index contributed by atoms with van der Waals surface area (Å²) in [5.74, 6) is -1.29. The number of fused-ring (bicyclic) bond motifs is 1. The Bertz CT molecular complexity index is 1740. The minimum absolute atomic E-state index is 0.0511. The van der Waals surface area contributed by atoms with E-state index in [1.165, 1.54) is 0 Å². The zero-order valence-electron chi connectivity index (χ0n) is 30.3. The Morgan fingerprint density at radius 2 is 1.72 bits per heavy atom. The number of rotatable bonds is 16. The Kier molecular flexibility index (Phi) is 12.0. The number of ether oxygens (including phenoxy) is 2. The first-order chi connectivity index (χ1) is 23.9. The molecule has 1 unspecified atom stereocenters. The third-order valence-corrected chi connectivity index (χ3v) is 9.79. The molecule has 274 valence electrons. The Labute approximate surface area is 292 Å². The van der Waals surface area contributed by atoms with Crippen LogP contribution in [0.1, 0.15) is 77.6 Å². The number of carbonyl (C=O) groups is 1. The molecule has 0 saturated carbocycles. The number of halogens is 1. The highest BCUT2D eigenvalue weighted by Gasteiger charge is 2.50. The summed E-state index contributed by atoms with van der Waals surface area (Å²) in [6.07, 6.45) is 5.81. The second-order valence-corrected chi connectivity index (χ2v) is 14.5. The average molecular weight is 699 g/mol. The van der Waals surface area contributed by atoms with E-state index in [-0.39, 0.29) is 34.7 Å². The molecule has 14 heteroatoms. The van der Waals surface area contributed by atoms with Crippen molar-refractivity contribution < 1.29 is 27.5 Å². The highest BCUT2D eigenvalue weighted by molar-refractivity contribution is 6.02. The first-order valence-corrected chi connectivity index (χ1v) is 17.7. The van der Waals surface area contributed by atoms with Gasteiger partial charge >= 0.3 is 11.3 Å². The SMILES string of the molecule is COCCCNCCCC(C(C)C)N1CC2(CCN(c3ccnnc3Oc3c(C(=O)N(C(C)C)C(C)C)cc(F)c4oc(=O)c(=O)oc34)C2)C1. The van der Waals surface area contributed by atoms with Crippen molar-refractivity contribution in [2.45, 2.75) is 85.4 Å². The lowest BCUT2D eigenvalue weighted by atomic mass is 9.76. The maximum atomic E-state index is 15.4. The summed E-state index contributed by atoms with van der Waals surface area (Å²) in [4.78, 5) is 44.6. The van der Waals surface area contributed by atoms with Gasteiger partial charge in [-0.15, -0.1) is 5.10 Å². The molecule has 50 heavy (non-hydrogen) atoms. The number of anilines is 1. The molecule has 2 aliphatic heterocycles. The second kappa shape index (κ2) is 16.0. The summed E-state index contributed by atoms with van der Waals surface area (Å²) < 4.78 is 37.0. The molecule has 1 N–H and O–H groups in total. The number of nitrogens with one attached hydrogen (secondary N) is 1. The Hall–Kier alpha value is -3.88. The largest absolute Gasteiger partial charge is 0.431 e. The molecule has 1 aromatic carbocycles. The lowest BCUT2D eigenvalue weighted by Crippen LogP contribution is -2.62. The van der Waals surface area contributed by atoms with Gasteiger partial charge in [-0.25, -0.2) is 14.0 Å². The molecule has 0 bridgehead atoms. The van der Waals surface area contributed by atoms with Gasteiger partial charge in [0.2, 0.25) is 11.2 Å². The fraction of sp³-hybridized carbons (Fsp3) is 0.639. The van der Waals surface area contributed by atoms with Crippen molar-refractivity contribution in [1.29, 1.82) is 0 Å². The zero-order chi connectivity index (χ0) is 36.2. The van der Waals surface area contributed by atoms with Gasteiger partial charge in [0, 0.05) is 63.4 Å². The molecule has 2 aliphatic rings. The quantitative estimate of drug-likeness (QED) is 0.164. The average Bonchev–Trinajstić information content (AvgIpc) is 3.49. The third kappa shape index (κ3) is 8.02. The van der Waals surface area contributed by atoms with Crippen LogP contribution in [-0.4, -0.2) is 97.0 Å². The van der Waals surface area contributed by atoms with Crippen LogP contribution < -0.4 is 26.2 Å². The van der Waals surface area contributed by atoms with E-state index in [9.17, 15) is 14.4 Å². The lowest BCUT2D eigenvalue weighted by Gasteiger charge is -2.53. The fourth-order valence-corrected chi connectivity index (χ4v) is 7.52. The van der Waals surface area contributed by atoms with Gasteiger partial charge in [0.25, 0.3) is 11.8 Å². The number of hydrogen-bond acceptors (Lipinski definition) is 12. The summed E-state index contributed by atoms with van der Waals surface area (Å²) in [5.41, 5.74) is -3.33. The molecule has 5 rings (SSSR count). The molecule has 1 amide bonds. The number of aromatic nitrogens is 2. The topological polar surface area (TPSA) is 143 Å². The first-order valence-electron chi connectivity index (χ1n) is 17.7. The van der Waals surface area contributed by atoms with Crippen LogP contribution in [0.25, 0.3) is 11.2 Å². The van der Waals surface area contributed by atoms with Crippen molar-refractivity contribution in [1.82, 2.24) is 25.3 Å². The van der Waals surface area contributed by atoms with Gasteiger partial charge in [0.15, 0.2) is 11.6 Å². The molecule has 4 heterocycles. The molecule has 0 radical (unpaired) electrons. The number of hydrogen-bond donors (Lipinski definition) is 1. The summed E-state index contributed by atoms with van der Waals surface area (Å²) in [6, 6.07) is 2.73. The monoisotopic (exact) mass is 698 g/mol. The van der Waals surface area contributed by atoms with Crippen molar-refractivity contribution in [3.05, 3.63) is 50.6 Å². The van der Waals surface area contributed by atoms with Gasteiger partial charge in [-0.1, -0.05) is 13.8 Å². The van der Waals surface area contributed by atoms with Gasteiger partial charge in [-0.2, -0.15) is 5.10 Å². The number of methoxy groups -OCH3 is 1. The van der Waals surface area contributed by atoms with Crippen molar-refractivity contribution in [3.8, 4) is 11.6 Å². The summed E-state index contributed by atoms with van der Waals surface area (Å²) >= 11 is 0. The van der Waals surface area contributed by atoms with Crippen LogP contribution in [0.3, 0.4) is 0 Å². The van der Waals surface area contributed by atoms with E-state index in [1.807, 2.05) is 27.7 Å². The van der Waals surface area contributed by atoms with E-state index in [0.717, 1.165) is 77.6 Å². The predicted octanol–water partition coefficient (Wildman–Crippen LogP) is 4.67. The molecule has 1 atom stereocenters. The smallest absolute Gasteiger partial charge is 0.423 e. The molecule has 3 aromatic rings. The number of benzene rings is 1. The Morgan fingerprint density at radius 1 is 1.04 bits per heavy atom. The molecule has 2 aromatic heterocycles. The standard InChI is InChI=1S/C36H51FN6O7/c1-22(2)27(10-8-13-38-14-9-17-47-7)42-20-36(21-42)12-16-41(19-36)28-11-15-39-40-32(28)48-29-25(33(44)43(23(3)4)24(5)6)18-26(37)30-31(29)50-35(46)34(45)49-30/h11,15,18,22-24,27,38H,8-10,12-14,16-17,19-21H2,1-7H3. The molecule has 2 fully saturated rings. The van der Waals surface area contributed by atoms with Gasteiger partial charge in [-0.05, 0) is 84.5 Å². The van der Waals surface area contributed by atoms with Gasteiger partial charge in [0.05, 0.1) is 11.8 Å². The van der Waals surface area contributed by atoms with Crippen LogP contribution in [0.15, 0.2) is 36.8 Å². The summed E-state index contributed by atoms with van der Waals surface area (Å²) in [5, 5.41) is 11.8. The second-order valence-electron chi connectivity index (χ2n) is 14.5. The van der Waals surface area contributed by atoms with Crippen molar-refractivity contribution >= 4 is 22.8 Å². The van der Waals surface area contributed by atoms with E-state index in [2.05, 4.69) is 39.2 Å². The number of carbonyl (C=O) groups excluding carboxylic acids is 1. The van der Waals surface area contributed by atoms with Crippen molar-refractivity contribution in [2.75, 3.05) is 57.9 Å². The van der Waals surface area contributed by atoms with Crippen molar-refractivity contribution in [2.24, 2.45) is 11.3 Å². The molecule has 1 spiro atoms. The van der Waals surface area contributed by atoms with E-state index in [1.54, 1.807) is 24.3 Å². The molecule has 0 aliphatic carbocycles. The Morgan fingerprint density at radius 3 is 2.38 bits per heavy atom. The van der Waals surface area contributed by atoms with Crippen LogP contribution in [-0.2, 0) is 4.74 Å². The van der Waals surface area contributed by atoms with E-state index in [4.69, 9.17) is 18.3 Å². The predicted molar refractivity (Wildman–Crippen MR) is 188 cm³/mol. The van der Waals surface area contributed by atoms with Crippen LogP contribution in [0.2, 0.25) is 0 Å². The summed E-state index contributed by atoms with van der Waals surface area (Å²) in [7, 11) is 1.73. The lowest BCUT2D eigenvalue weighted by molar-refractivity contribution is -0.0338. The normalized spacial score (nSPS) is 16.6. The maximum Gasteiger partial charge on any atom is 0.423 e. The highest BCUT2D eigenvalue weighted by atomic mass is 19.1. The van der Waals surface area contributed by atoms with E-state index in [0.29, 0.717) is 17.6 Å². The fourth-order valence-electron chi connectivity index (χ4n) is 7.52. The first kappa shape index (κ1) is 37.4. The van der Waals surface area contributed by atoms with E-state index >= 15 is 4.39 Å². The van der Waals surface area contributed by atoms with Gasteiger partial charge < -0.3 is 33.4 Å². The molecular formula is C36H51FN6O7.